The van der Waals surface area contributed by atoms with Gasteiger partial charge in [0, 0.05) is 29.1 Å². The van der Waals surface area contributed by atoms with Crippen LogP contribution in [0.5, 0.6) is 0 Å². The lowest BCUT2D eigenvalue weighted by Gasteiger charge is -2.21. The summed E-state index contributed by atoms with van der Waals surface area (Å²) in [6.45, 7) is 7.02. The Labute approximate surface area is 133 Å². The number of allylic oxidation sites excluding steroid dienone is 2. The zero-order valence-electron chi connectivity index (χ0n) is 11.7. The van der Waals surface area contributed by atoms with Crippen LogP contribution in [0, 0.1) is 17.9 Å². The zero-order chi connectivity index (χ0) is 17.5. The predicted octanol–water partition coefficient (Wildman–Crippen LogP) is 3.51. The summed E-state index contributed by atoms with van der Waals surface area (Å²) in [5, 5.41) is 9.07. The van der Waals surface area contributed by atoms with Crippen molar-refractivity contribution in [3.8, 4) is 17.5 Å². The molecule has 0 aromatic carbocycles. The molecular weight excluding hydrogens is 321 g/mol. The second-order valence-corrected chi connectivity index (χ2v) is 4.79. The number of hydrogen-bond acceptors (Lipinski definition) is 4. The molecule has 2 heterocycles. The van der Waals surface area contributed by atoms with Gasteiger partial charge in [0.2, 0.25) is 0 Å². The van der Waals surface area contributed by atoms with Gasteiger partial charge >= 0.3 is 6.18 Å². The molecule has 2 aromatic heterocycles. The van der Waals surface area contributed by atoms with E-state index in [0.29, 0.717) is 6.20 Å². The van der Waals surface area contributed by atoms with Crippen LogP contribution in [0.2, 0.25) is 0 Å². The van der Waals surface area contributed by atoms with E-state index in [2.05, 4.69) is 14.8 Å². The summed E-state index contributed by atoms with van der Waals surface area (Å²) in [5.74, 6) is -0.723. The molecule has 0 aliphatic heterocycles. The molecule has 0 N–H and O–H groups in total. The lowest BCUT2D eigenvalue weighted by Crippen LogP contribution is -2.17. The lowest BCUT2D eigenvalue weighted by atomic mass is 9.85. The average molecular weight is 326 g/mol. The summed E-state index contributed by atoms with van der Waals surface area (Å²) in [5.41, 5.74) is -2.02. The topological polar surface area (TPSA) is 71.0 Å². The number of pyridine rings is 2. The number of fused-ring (bicyclic) bond motifs is 3. The molecule has 0 fully saturated rings. The number of carbonyl (C=O) groups is 1. The van der Waals surface area contributed by atoms with E-state index in [1.807, 2.05) is 0 Å². The molecule has 0 saturated carbocycles. The Kier molecular flexibility index (Phi) is 3.39. The van der Waals surface area contributed by atoms with Crippen molar-refractivity contribution < 1.29 is 18.0 Å². The van der Waals surface area contributed by atoms with E-state index in [0.717, 1.165) is 6.07 Å². The van der Waals surface area contributed by atoms with E-state index in [9.17, 15) is 18.0 Å². The number of Topliss-reactive ketones (excluding diaryl/α,β-unsaturated/α-hetero) is 1. The Balaban J connectivity index is 2.44. The highest BCUT2D eigenvalue weighted by Gasteiger charge is 2.36. The van der Waals surface area contributed by atoms with E-state index in [1.54, 1.807) is 6.07 Å². The van der Waals surface area contributed by atoms with E-state index >= 15 is 0 Å². The Morgan fingerprint density at radius 1 is 1.25 bits per heavy atom. The number of carbonyl (C=O) groups excluding carboxylic acids is 1. The van der Waals surface area contributed by atoms with E-state index in [1.165, 1.54) is 18.3 Å². The molecule has 0 bridgehead atoms. The van der Waals surface area contributed by atoms with Gasteiger partial charge in [0.25, 0.3) is 5.70 Å². The van der Waals surface area contributed by atoms with Crippen molar-refractivity contribution in [1.29, 1.82) is 5.26 Å². The smallest absolute Gasteiger partial charge is 0.290 e. The molecule has 116 valence electrons. The fourth-order valence-corrected chi connectivity index (χ4v) is 2.41. The van der Waals surface area contributed by atoms with Crippen LogP contribution in [-0.4, -0.2) is 15.8 Å². The Bertz CT molecular complexity index is 978. The van der Waals surface area contributed by atoms with E-state index in [4.69, 9.17) is 11.8 Å². The molecule has 0 unspecified atom stereocenters. The summed E-state index contributed by atoms with van der Waals surface area (Å²) in [6.07, 6.45) is -2.66. The predicted molar refractivity (Wildman–Crippen MR) is 75.9 cm³/mol. The van der Waals surface area contributed by atoms with Crippen molar-refractivity contribution in [2.45, 2.75) is 6.18 Å². The van der Waals surface area contributed by atoms with Crippen LogP contribution in [0.1, 0.15) is 21.5 Å². The van der Waals surface area contributed by atoms with Crippen molar-refractivity contribution >= 4 is 11.4 Å². The third-order valence-electron chi connectivity index (χ3n) is 3.44. The molecule has 5 nitrogen and oxygen atoms in total. The van der Waals surface area contributed by atoms with Crippen LogP contribution in [0.15, 0.2) is 36.3 Å². The molecule has 0 saturated heterocycles. The summed E-state index contributed by atoms with van der Waals surface area (Å²) in [7, 11) is 0. The number of alkyl halides is 3. The van der Waals surface area contributed by atoms with Gasteiger partial charge in [-0.2, -0.15) is 13.2 Å². The van der Waals surface area contributed by atoms with Crippen molar-refractivity contribution in [1.82, 2.24) is 9.97 Å². The van der Waals surface area contributed by atoms with Gasteiger partial charge in [-0.15, -0.1) is 0 Å². The summed E-state index contributed by atoms with van der Waals surface area (Å²) < 4.78 is 38.9. The first kappa shape index (κ1) is 15.4. The molecule has 0 radical (unpaired) electrons. The largest absolute Gasteiger partial charge is 0.417 e. The third kappa shape index (κ3) is 2.22. The monoisotopic (exact) mass is 326 g/mol. The molecule has 0 amide bonds. The Hall–Kier alpha value is -3.52. The quantitative estimate of drug-likeness (QED) is 0.422. The fraction of sp³-hybridized carbons (Fsp3) is 0.0625. The second-order valence-electron chi connectivity index (χ2n) is 4.79. The highest BCUT2D eigenvalue weighted by atomic mass is 19.4. The van der Waals surface area contributed by atoms with Crippen molar-refractivity contribution in [2.24, 2.45) is 0 Å². The highest BCUT2D eigenvalue weighted by molar-refractivity contribution is 6.35. The van der Waals surface area contributed by atoms with Gasteiger partial charge < -0.3 is 0 Å². The van der Waals surface area contributed by atoms with E-state index < -0.39 is 23.2 Å². The SMILES string of the molecule is [C-]#[N+]C(C#N)=C1C(=O)c2cccnc2-c2ncc(C(F)(F)F)cc21. The minimum atomic E-state index is -4.68. The first-order valence-corrected chi connectivity index (χ1v) is 6.48. The van der Waals surface area contributed by atoms with Crippen LogP contribution in [0.3, 0.4) is 0 Å². The normalized spacial score (nSPS) is 15.0. The lowest BCUT2D eigenvalue weighted by molar-refractivity contribution is -0.137. The number of aromatic nitrogens is 2. The van der Waals surface area contributed by atoms with Crippen LogP contribution < -0.4 is 0 Å². The number of nitriles is 1. The van der Waals surface area contributed by atoms with Gasteiger partial charge in [0.05, 0.1) is 23.9 Å². The maximum absolute atomic E-state index is 13.0. The summed E-state index contributed by atoms with van der Waals surface area (Å²) in [6, 6.07) is 5.18. The standard InChI is InChI=1S/C16H5F3N4O/c1-21-11(6-20)12-10-5-8(16(17,18)19)7-23-14(10)13-9(15(12)24)3-2-4-22-13/h2-5,7H. The molecule has 3 rings (SSSR count). The molecule has 2 aromatic rings. The summed E-state index contributed by atoms with van der Waals surface area (Å²) in [4.78, 5) is 23.3. The molecule has 1 aliphatic carbocycles. The third-order valence-corrected chi connectivity index (χ3v) is 3.44. The molecule has 8 heteroatoms. The minimum absolute atomic E-state index is 0.0320. The Morgan fingerprint density at radius 2 is 1.96 bits per heavy atom. The summed E-state index contributed by atoms with van der Waals surface area (Å²) >= 11 is 0. The van der Waals surface area contributed by atoms with E-state index in [-0.39, 0.29) is 28.1 Å². The molecule has 24 heavy (non-hydrogen) atoms. The van der Waals surface area contributed by atoms with Gasteiger partial charge in [-0.25, -0.2) is 10.1 Å². The molecule has 0 atom stereocenters. The number of nitrogens with zero attached hydrogens (tertiary/aromatic N) is 4. The van der Waals surface area contributed by atoms with Crippen molar-refractivity contribution in [3.05, 3.63) is 64.4 Å². The van der Waals surface area contributed by atoms with Gasteiger partial charge in [-0.1, -0.05) is 0 Å². The highest BCUT2D eigenvalue weighted by Crippen LogP contribution is 2.40. The van der Waals surface area contributed by atoms with Crippen LogP contribution >= 0.6 is 0 Å². The van der Waals surface area contributed by atoms with Gasteiger partial charge in [0.15, 0.2) is 5.78 Å². The number of halogens is 3. The number of rotatable bonds is 0. The van der Waals surface area contributed by atoms with Crippen LogP contribution in [0.25, 0.3) is 21.8 Å². The van der Waals surface area contributed by atoms with Crippen LogP contribution in [0.4, 0.5) is 13.2 Å². The molecule has 0 spiro atoms. The number of ketones is 1. The maximum atomic E-state index is 13.0. The Morgan fingerprint density at radius 3 is 2.58 bits per heavy atom. The second kappa shape index (κ2) is 5.28. The van der Waals surface area contributed by atoms with Crippen LogP contribution in [-0.2, 0) is 6.18 Å². The molecule has 1 aliphatic rings. The van der Waals surface area contributed by atoms with Gasteiger partial charge in [-0.05, 0) is 18.2 Å². The van der Waals surface area contributed by atoms with Crippen molar-refractivity contribution in [3.63, 3.8) is 0 Å². The first-order chi connectivity index (χ1) is 11.4. The molecular formula is C16H5F3N4O. The number of hydrogen-bond donors (Lipinski definition) is 0. The zero-order valence-corrected chi connectivity index (χ0v) is 11.7. The van der Waals surface area contributed by atoms with Gasteiger partial charge in [-0.3, -0.25) is 14.8 Å². The van der Waals surface area contributed by atoms with Crippen molar-refractivity contribution in [2.75, 3.05) is 0 Å². The minimum Gasteiger partial charge on any atom is -0.290 e. The average Bonchev–Trinajstić information content (AvgIpc) is 2.57. The maximum Gasteiger partial charge on any atom is 0.417 e. The van der Waals surface area contributed by atoms with Gasteiger partial charge in [0.1, 0.15) is 5.69 Å². The first-order valence-electron chi connectivity index (χ1n) is 6.48. The fourth-order valence-electron chi connectivity index (χ4n) is 2.41.